The number of nitrogens with zero attached hydrogens (tertiary/aromatic N) is 2. The molecule has 10 heteroatoms. The molecule has 9 N–H and O–H groups in total. The van der Waals surface area contributed by atoms with Gasteiger partial charge in [-0.3, -0.25) is 15.8 Å². The summed E-state index contributed by atoms with van der Waals surface area (Å²) >= 11 is 0. The highest BCUT2D eigenvalue weighted by atomic mass is 16.5. The quantitative estimate of drug-likeness (QED) is 0.185. The maximum Gasteiger partial charge on any atom is 0.346 e. The Bertz CT molecular complexity index is 558. The number of aliphatic hydroxyl groups is 3. The number of nitrogens with one attached hydrogen (secondary N) is 2. The van der Waals surface area contributed by atoms with Crippen molar-refractivity contribution in [2.24, 2.45) is 16.5 Å². The van der Waals surface area contributed by atoms with Crippen LogP contribution in [-0.4, -0.2) is 73.8 Å². The highest BCUT2D eigenvalue weighted by molar-refractivity contribution is 5.91. The van der Waals surface area contributed by atoms with E-state index in [9.17, 15) is 20.1 Å². The first-order valence-corrected chi connectivity index (χ1v) is 6.13. The second kappa shape index (κ2) is 3.59. The Morgan fingerprint density at radius 3 is 2.75 bits per heavy atom. The highest BCUT2D eigenvalue weighted by Gasteiger charge is 2.75. The number of hydrogen-bond donors (Lipinski definition) is 7. The normalized spacial score (nSPS) is 41.4. The predicted octanol–water partition coefficient (Wildman–Crippen LogP) is -5.09. The van der Waals surface area contributed by atoms with Gasteiger partial charge in [0.2, 0.25) is 5.66 Å². The molecule has 110 valence electrons. The van der Waals surface area contributed by atoms with Crippen LogP contribution in [0, 0.1) is 0 Å². The van der Waals surface area contributed by atoms with Crippen molar-refractivity contribution in [1.29, 1.82) is 0 Å². The SMILES string of the molecule is CC(=O)C1NC(N)=[N+]2C[C@H](O)C(O)(O)[C@@]23NC(N)=N[C@@H]13. The summed E-state index contributed by atoms with van der Waals surface area (Å²) in [6, 6.07) is -1.80. The van der Waals surface area contributed by atoms with Gasteiger partial charge in [0.05, 0.1) is 0 Å². The average molecular weight is 285 g/mol. The van der Waals surface area contributed by atoms with Crippen molar-refractivity contribution < 1.29 is 24.7 Å². The van der Waals surface area contributed by atoms with E-state index < -0.39 is 29.6 Å². The number of ketones is 1. The first kappa shape index (κ1) is 13.1. The van der Waals surface area contributed by atoms with Crippen molar-refractivity contribution in [3.05, 3.63) is 0 Å². The van der Waals surface area contributed by atoms with Crippen molar-refractivity contribution in [1.82, 2.24) is 10.6 Å². The molecule has 1 unspecified atom stereocenters. The molecule has 3 aliphatic heterocycles. The largest absolute Gasteiger partial charge is 0.384 e. The Kier molecular flexibility index (Phi) is 2.35. The second-order valence-electron chi connectivity index (χ2n) is 5.32. The third-order valence-corrected chi connectivity index (χ3v) is 4.18. The lowest BCUT2D eigenvalue weighted by Crippen LogP contribution is -2.79. The van der Waals surface area contributed by atoms with Crippen LogP contribution in [0.15, 0.2) is 4.99 Å². The van der Waals surface area contributed by atoms with Crippen molar-refractivity contribution in [3.63, 3.8) is 0 Å². The Morgan fingerprint density at radius 1 is 1.50 bits per heavy atom. The summed E-state index contributed by atoms with van der Waals surface area (Å²) in [7, 11) is 0. The fourth-order valence-electron chi connectivity index (χ4n) is 3.22. The molecule has 0 saturated carbocycles. The number of Topliss-reactive ketones (excluding diaryl/α,β-unsaturated/α-hetero) is 1. The lowest BCUT2D eigenvalue weighted by Gasteiger charge is -2.42. The van der Waals surface area contributed by atoms with E-state index in [0.717, 1.165) is 0 Å². The van der Waals surface area contributed by atoms with E-state index in [2.05, 4.69) is 15.6 Å². The van der Waals surface area contributed by atoms with Crippen molar-refractivity contribution in [2.75, 3.05) is 6.54 Å². The van der Waals surface area contributed by atoms with E-state index in [4.69, 9.17) is 11.5 Å². The van der Waals surface area contributed by atoms with Crippen molar-refractivity contribution in [3.8, 4) is 0 Å². The molecule has 0 bridgehead atoms. The van der Waals surface area contributed by atoms with Gasteiger partial charge in [0.25, 0.3) is 5.79 Å². The molecule has 0 aliphatic carbocycles. The van der Waals surface area contributed by atoms with E-state index in [1.807, 2.05) is 0 Å². The van der Waals surface area contributed by atoms with Gasteiger partial charge in [0.1, 0.15) is 12.6 Å². The van der Waals surface area contributed by atoms with Gasteiger partial charge in [-0.05, 0) is 6.92 Å². The van der Waals surface area contributed by atoms with Gasteiger partial charge in [-0.15, -0.1) is 0 Å². The number of aliphatic hydroxyl groups excluding tert-OH is 1. The number of hydrogen-bond acceptors (Lipinski definition) is 9. The molecule has 1 spiro atoms. The van der Waals surface area contributed by atoms with Crippen molar-refractivity contribution >= 4 is 17.7 Å². The van der Waals surface area contributed by atoms with Gasteiger partial charge in [-0.25, -0.2) is 9.57 Å². The van der Waals surface area contributed by atoms with Crippen LogP contribution in [0.1, 0.15) is 6.92 Å². The number of rotatable bonds is 1. The maximum absolute atomic E-state index is 11.8. The lowest BCUT2D eigenvalue weighted by molar-refractivity contribution is -0.622. The van der Waals surface area contributed by atoms with E-state index in [-0.39, 0.29) is 24.2 Å². The Morgan fingerprint density at radius 2 is 2.15 bits per heavy atom. The van der Waals surface area contributed by atoms with Gasteiger partial charge >= 0.3 is 5.96 Å². The van der Waals surface area contributed by atoms with Crippen LogP contribution < -0.4 is 22.1 Å². The fraction of sp³-hybridized carbons (Fsp3) is 0.700. The molecule has 1 fully saturated rings. The first-order valence-electron chi connectivity index (χ1n) is 6.13. The molecular weight excluding hydrogens is 268 g/mol. The molecule has 3 aliphatic rings. The fourth-order valence-corrected chi connectivity index (χ4v) is 3.22. The minimum atomic E-state index is -2.57. The Hall–Kier alpha value is -1.91. The number of carbonyl (C=O) groups is 1. The molecular formula is C10H17N6O4+. The highest BCUT2D eigenvalue weighted by Crippen LogP contribution is 2.41. The van der Waals surface area contributed by atoms with Crippen molar-refractivity contribution in [2.45, 2.75) is 36.6 Å². The standard InChI is InChI=1S/C10H16N6O4/c1-3(17)5-6-9(15-7(11)14-6)10(19,20)4(18)2-16(9)8(12)13-5/h4-6,18-20H,2H2,1H3,(H5,11,12,13,14,15)/p+1/t4-,5?,6-,9-/m0/s1. The molecule has 0 amide bonds. The summed E-state index contributed by atoms with van der Waals surface area (Å²) in [4.78, 5) is 15.8. The zero-order valence-corrected chi connectivity index (χ0v) is 10.7. The van der Waals surface area contributed by atoms with E-state index in [1.54, 1.807) is 0 Å². The molecule has 1 saturated heterocycles. The van der Waals surface area contributed by atoms with E-state index in [1.165, 1.54) is 11.5 Å². The molecule has 0 radical (unpaired) electrons. The van der Waals surface area contributed by atoms with E-state index in [0.29, 0.717) is 0 Å². The topological polar surface area (TPSA) is 169 Å². The van der Waals surface area contributed by atoms with Crippen LogP contribution >= 0.6 is 0 Å². The minimum absolute atomic E-state index is 0.0443. The Balaban J connectivity index is 2.23. The van der Waals surface area contributed by atoms with Crippen LogP contribution in [0.3, 0.4) is 0 Å². The van der Waals surface area contributed by atoms with Crippen LogP contribution in [0.5, 0.6) is 0 Å². The molecule has 3 rings (SSSR count). The first-order chi connectivity index (χ1) is 9.21. The molecule has 4 atom stereocenters. The second-order valence-corrected chi connectivity index (χ2v) is 5.32. The lowest BCUT2D eigenvalue weighted by atomic mass is 9.85. The predicted molar refractivity (Wildman–Crippen MR) is 66.4 cm³/mol. The third kappa shape index (κ3) is 1.25. The zero-order chi connectivity index (χ0) is 14.9. The number of nitrogens with two attached hydrogens (primary N) is 2. The average Bonchev–Trinajstić information content (AvgIpc) is 2.78. The van der Waals surface area contributed by atoms with Gasteiger partial charge in [-0.2, -0.15) is 0 Å². The van der Waals surface area contributed by atoms with Crippen LogP contribution in [-0.2, 0) is 4.79 Å². The maximum atomic E-state index is 11.8. The Labute approximate surface area is 113 Å². The summed E-state index contributed by atoms with van der Waals surface area (Å²) in [6.07, 6.45) is -1.50. The minimum Gasteiger partial charge on any atom is -0.384 e. The smallest absolute Gasteiger partial charge is 0.346 e. The zero-order valence-electron chi connectivity index (χ0n) is 10.7. The summed E-state index contributed by atoms with van der Waals surface area (Å²) in [5.41, 5.74) is 9.82. The third-order valence-electron chi connectivity index (χ3n) is 4.18. The van der Waals surface area contributed by atoms with Gasteiger partial charge in [0, 0.05) is 0 Å². The van der Waals surface area contributed by atoms with Gasteiger partial charge in [0.15, 0.2) is 23.8 Å². The summed E-state index contributed by atoms with van der Waals surface area (Å²) < 4.78 is 1.34. The van der Waals surface area contributed by atoms with Crippen LogP contribution in [0.25, 0.3) is 0 Å². The molecule has 0 aromatic carbocycles. The van der Waals surface area contributed by atoms with Crippen LogP contribution in [0.2, 0.25) is 0 Å². The van der Waals surface area contributed by atoms with E-state index >= 15 is 0 Å². The molecule has 20 heavy (non-hydrogen) atoms. The molecule has 0 aromatic heterocycles. The molecule has 3 heterocycles. The number of guanidine groups is 2. The number of aliphatic imine (C=N–C) groups is 1. The summed E-state index contributed by atoms with van der Waals surface area (Å²) in [6.45, 7) is 1.20. The number of carbonyl (C=O) groups excluding carboxylic acids is 1. The van der Waals surface area contributed by atoms with Gasteiger partial charge < -0.3 is 26.4 Å². The molecule has 0 aromatic rings. The molecule has 10 nitrogen and oxygen atoms in total. The van der Waals surface area contributed by atoms with Crippen LogP contribution in [0.4, 0.5) is 0 Å². The summed E-state index contributed by atoms with van der Waals surface area (Å²) in [5.74, 6) is -2.86. The summed E-state index contributed by atoms with van der Waals surface area (Å²) in [5, 5.41) is 36.0. The van der Waals surface area contributed by atoms with Gasteiger partial charge in [-0.1, -0.05) is 0 Å². The monoisotopic (exact) mass is 285 g/mol.